The van der Waals surface area contributed by atoms with Crippen LogP contribution in [0.3, 0.4) is 0 Å². The predicted molar refractivity (Wildman–Crippen MR) is 38.6 cm³/mol. The Balaban J connectivity index is 2.58. The Bertz CT molecular complexity index is 193. The van der Waals surface area contributed by atoms with Crippen molar-refractivity contribution in [1.82, 2.24) is 0 Å². The van der Waals surface area contributed by atoms with Gasteiger partial charge in [-0.1, -0.05) is 0 Å². The molecule has 0 spiro atoms. The number of hydrogen-bond donors (Lipinski definition) is 1. The van der Waals surface area contributed by atoms with Crippen LogP contribution < -0.4 is 5.32 Å². The van der Waals surface area contributed by atoms with Crippen LogP contribution in [-0.4, -0.2) is 5.91 Å². The van der Waals surface area contributed by atoms with E-state index in [-0.39, 0.29) is 5.91 Å². The topological polar surface area (TPSA) is 29.1 Å². The molecule has 48 valence electrons. The minimum atomic E-state index is -0.0200. The van der Waals surface area contributed by atoms with Crippen LogP contribution in [0.1, 0.15) is 6.92 Å². The lowest BCUT2D eigenvalue weighted by molar-refractivity contribution is -0.114. The molecular formula is C6H7NOS. The molecule has 0 saturated heterocycles. The van der Waals surface area contributed by atoms with Crippen molar-refractivity contribution in [3.05, 3.63) is 16.8 Å². The highest BCUT2D eigenvalue weighted by Crippen LogP contribution is 2.10. The van der Waals surface area contributed by atoms with Crippen LogP contribution in [0.15, 0.2) is 16.8 Å². The number of carbonyl (C=O) groups excluding carboxylic acids is 1. The Morgan fingerprint density at radius 3 is 3.00 bits per heavy atom. The average Bonchev–Trinajstić information content (AvgIpc) is 2.15. The van der Waals surface area contributed by atoms with Gasteiger partial charge in [0.05, 0.1) is 5.69 Å². The van der Waals surface area contributed by atoms with Crippen molar-refractivity contribution in [3.8, 4) is 0 Å². The van der Waals surface area contributed by atoms with Crippen LogP contribution in [0.25, 0.3) is 0 Å². The Morgan fingerprint density at radius 2 is 2.56 bits per heavy atom. The first-order chi connectivity index (χ1) is 4.29. The lowest BCUT2D eigenvalue weighted by Crippen LogP contribution is -2.03. The lowest BCUT2D eigenvalue weighted by Gasteiger charge is -1.93. The normalized spacial score (nSPS) is 9.00. The maximum absolute atomic E-state index is 10.4. The van der Waals surface area contributed by atoms with Crippen LogP contribution in [0.2, 0.25) is 0 Å². The van der Waals surface area contributed by atoms with Crippen molar-refractivity contribution >= 4 is 22.9 Å². The maximum atomic E-state index is 10.4. The van der Waals surface area contributed by atoms with Crippen molar-refractivity contribution in [2.24, 2.45) is 0 Å². The molecule has 0 aliphatic carbocycles. The summed E-state index contributed by atoms with van der Waals surface area (Å²) in [5, 5.41) is 6.47. The van der Waals surface area contributed by atoms with Gasteiger partial charge in [0.25, 0.3) is 0 Å². The van der Waals surface area contributed by atoms with Crippen LogP contribution in [0.4, 0.5) is 5.69 Å². The van der Waals surface area contributed by atoms with E-state index in [2.05, 4.69) is 5.32 Å². The molecule has 9 heavy (non-hydrogen) atoms. The Labute approximate surface area is 57.5 Å². The molecule has 1 heterocycles. The Hall–Kier alpha value is -0.830. The molecule has 0 aliphatic heterocycles. The van der Waals surface area contributed by atoms with Gasteiger partial charge in [-0.05, 0) is 11.4 Å². The fourth-order valence-corrected chi connectivity index (χ4v) is 1.13. The van der Waals surface area contributed by atoms with Gasteiger partial charge in [0.1, 0.15) is 0 Å². The zero-order chi connectivity index (χ0) is 6.69. The summed E-state index contributed by atoms with van der Waals surface area (Å²) in [5.74, 6) is -0.0200. The van der Waals surface area contributed by atoms with Crippen LogP contribution in [0, 0.1) is 0 Å². The molecule has 0 saturated carbocycles. The molecule has 1 amide bonds. The SMILES string of the molecule is CC(=O)Nc1ccsc1. The largest absolute Gasteiger partial charge is 0.326 e. The van der Waals surface area contributed by atoms with E-state index in [0.29, 0.717) is 0 Å². The number of anilines is 1. The van der Waals surface area contributed by atoms with E-state index < -0.39 is 0 Å². The summed E-state index contributed by atoms with van der Waals surface area (Å²) in [5.41, 5.74) is 0.882. The fraction of sp³-hybridized carbons (Fsp3) is 0.167. The summed E-state index contributed by atoms with van der Waals surface area (Å²) in [6.07, 6.45) is 0. The minimum absolute atomic E-state index is 0.0200. The summed E-state index contributed by atoms with van der Waals surface area (Å²) >= 11 is 1.57. The molecule has 0 atom stereocenters. The third-order valence-corrected chi connectivity index (χ3v) is 1.52. The van der Waals surface area contributed by atoms with E-state index in [1.54, 1.807) is 11.3 Å². The standard InChI is InChI=1S/C6H7NOS/c1-5(8)7-6-2-3-9-4-6/h2-4H,1H3,(H,7,8). The van der Waals surface area contributed by atoms with E-state index >= 15 is 0 Å². The second kappa shape index (κ2) is 2.64. The van der Waals surface area contributed by atoms with Crippen molar-refractivity contribution in [1.29, 1.82) is 0 Å². The van der Waals surface area contributed by atoms with Gasteiger partial charge < -0.3 is 5.32 Å². The van der Waals surface area contributed by atoms with Crippen molar-refractivity contribution < 1.29 is 4.79 Å². The second-order valence-corrected chi connectivity index (χ2v) is 2.47. The molecule has 1 rings (SSSR count). The van der Waals surface area contributed by atoms with E-state index in [1.807, 2.05) is 16.8 Å². The molecule has 3 heteroatoms. The molecule has 0 unspecified atom stereocenters. The molecule has 1 aromatic heterocycles. The molecule has 0 aliphatic rings. The van der Waals surface area contributed by atoms with Gasteiger partial charge in [-0.3, -0.25) is 4.79 Å². The van der Waals surface area contributed by atoms with Crippen LogP contribution >= 0.6 is 11.3 Å². The second-order valence-electron chi connectivity index (χ2n) is 1.69. The lowest BCUT2D eigenvalue weighted by atomic mass is 10.5. The average molecular weight is 141 g/mol. The fourth-order valence-electron chi connectivity index (χ4n) is 0.539. The van der Waals surface area contributed by atoms with Crippen molar-refractivity contribution in [3.63, 3.8) is 0 Å². The van der Waals surface area contributed by atoms with E-state index in [1.165, 1.54) is 6.92 Å². The summed E-state index contributed by atoms with van der Waals surface area (Å²) in [6.45, 7) is 1.50. The molecule has 1 N–H and O–H groups in total. The van der Waals surface area contributed by atoms with Gasteiger partial charge in [-0.2, -0.15) is 11.3 Å². The van der Waals surface area contributed by atoms with Gasteiger partial charge in [0, 0.05) is 12.3 Å². The number of thiophene rings is 1. The number of rotatable bonds is 1. The third kappa shape index (κ3) is 1.85. The predicted octanol–water partition coefficient (Wildman–Crippen LogP) is 1.71. The molecule has 0 radical (unpaired) electrons. The highest BCUT2D eigenvalue weighted by atomic mass is 32.1. The quantitative estimate of drug-likeness (QED) is 0.633. The van der Waals surface area contributed by atoms with E-state index in [9.17, 15) is 4.79 Å². The molecular weight excluding hydrogens is 134 g/mol. The van der Waals surface area contributed by atoms with Crippen LogP contribution in [0.5, 0.6) is 0 Å². The highest BCUT2D eigenvalue weighted by molar-refractivity contribution is 7.08. The van der Waals surface area contributed by atoms with Gasteiger partial charge >= 0.3 is 0 Å². The first kappa shape index (κ1) is 6.29. The zero-order valence-electron chi connectivity index (χ0n) is 5.05. The Kier molecular flexibility index (Phi) is 1.85. The van der Waals surface area contributed by atoms with Crippen molar-refractivity contribution in [2.45, 2.75) is 6.92 Å². The van der Waals surface area contributed by atoms with Crippen molar-refractivity contribution in [2.75, 3.05) is 5.32 Å². The molecule has 0 fully saturated rings. The van der Waals surface area contributed by atoms with Gasteiger partial charge in [-0.25, -0.2) is 0 Å². The Morgan fingerprint density at radius 1 is 1.78 bits per heavy atom. The number of carbonyl (C=O) groups is 1. The van der Waals surface area contributed by atoms with Gasteiger partial charge in [0.2, 0.25) is 5.91 Å². The number of hydrogen-bond acceptors (Lipinski definition) is 2. The van der Waals surface area contributed by atoms with E-state index in [0.717, 1.165) is 5.69 Å². The summed E-state index contributed by atoms with van der Waals surface area (Å²) in [6, 6.07) is 1.87. The first-order valence-corrected chi connectivity index (χ1v) is 3.53. The van der Waals surface area contributed by atoms with E-state index in [4.69, 9.17) is 0 Å². The monoisotopic (exact) mass is 141 g/mol. The summed E-state index contributed by atoms with van der Waals surface area (Å²) < 4.78 is 0. The third-order valence-electron chi connectivity index (χ3n) is 0.842. The first-order valence-electron chi connectivity index (χ1n) is 2.59. The zero-order valence-corrected chi connectivity index (χ0v) is 5.87. The summed E-state index contributed by atoms with van der Waals surface area (Å²) in [4.78, 5) is 10.4. The molecule has 0 bridgehead atoms. The highest BCUT2D eigenvalue weighted by Gasteiger charge is 1.91. The minimum Gasteiger partial charge on any atom is -0.326 e. The number of nitrogens with one attached hydrogen (secondary N) is 1. The maximum Gasteiger partial charge on any atom is 0.221 e. The molecule has 0 aromatic carbocycles. The smallest absolute Gasteiger partial charge is 0.221 e. The molecule has 2 nitrogen and oxygen atoms in total. The molecule has 1 aromatic rings. The van der Waals surface area contributed by atoms with Gasteiger partial charge in [-0.15, -0.1) is 0 Å². The van der Waals surface area contributed by atoms with Crippen LogP contribution in [-0.2, 0) is 4.79 Å². The van der Waals surface area contributed by atoms with Gasteiger partial charge in [0.15, 0.2) is 0 Å². The summed E-state index contributed by atoms with van der Waals surface area (Å²) in [7, 11) is 0. The number of amides is 1.